The quantitative estimate of drug-likeness (QED) is 0.170. The molecule has 0 unspecified atom stereocenters. The van der Waals surface area contributed by atoms with E-state index < -0.39 is 28.5 Å². The number of ether oxygens (including phenoxy) is 1. The Balaban J connectivity index is 1.78. The Morgan fingerprint density at radius 2 is 1.39 bits per heavy atom. The number of benzene rings is 4. The van der Waals surface area contributed by atoms with Crippen LogP contribution in [-0.4, -0.2) is 50.9 Å². The fourth-order valence-electron chi connectivity index (χ4n) is 5.05. The third-order valence-corrected chi connectivity index (χ3v) is 9.41. The minimum atomic E-state index is -4.20. The molecule has 1 atom stereocenters. The van der Waals surface area contributed by atoms with Crippen molar-refractivity contribution in [2.75, 3.05) is 24.0 Å². The molecule has 4 rings (SSSR count). The molecule has 0 spiro atoms. The number of anilines is 1. The van der Waals surface area contributed by atoms with Crippen LogP contribution in [0.1, 0.15) is 42.5 Å². The first-order valence-corrected chi connectivity index (χ1v) is 17.0. The largest absolute Gasteiger partial charge is 0.494 e. The number of rotatable bonds is 15. The molecule has 9 heteroatoms. The third-order valence-electron chi connectivity index (χ3n) is 7.62. The number of carbonyl (C=O) groups is 2. The Kier molecular flexibility index (Phi) is 12.0. The number of nitrogens with zero attached hydrogens (tertiary/aromatic N) is 2. The number of carbonyl (C=O) groups excluding carboxylic acids is 2. The van der Waals surface area contributed by atoms with Crippen LogP contribution in [0.2, 0.25) is 0 Å². The van der Waals surface area contributed by atoms with E-state index in [2.05, 4.69) is 5.32 Å². The second-order valence-electron chi connectivity index (χ2n) is 11.3. The summed E-state index contributed by atoms with van der Waals surface area (Å²) in [6, 6.07) is 29.6. The van der Waals surface area contributed by atoms with Gasteiger partial charge >= 0.3 is 0 Å². The Labute approximate surface area is 273 Å². The van der Waals surface area contributed by atoms with Crippen molar-refractivity contribution in [2.45, 2.75) is 58.0 Å². The molecular formula is C37H43N3O5S. The van der Waals surface area contributed by atoms with Crippen molar-refractivity contribution in [2.24, 2.45) is 0 Å². The summed E-state index contributed by atoms with van der Waals surface area (Å²) < 4.78 is 35.1. The predicted octanol–water partition coefficient (Wildman–Crippen LogP) is 6.06. The maximum atomic E-state index is 14.5. The number of hydrogen-bond donors (Lipinski definition) is 1. The molecule has 2 amide bonds. The van der Waals surface area contributed by atoms with Crippen LogP contribution in [0.3, 0.4) is 0 Å². The average molecular weight is 642 g/mol. The van der Waals surface area contributed by atoms with Gasteiger partial charge in [-0.25, -0.2) is 8.42 Å². The zero-order valence-corrected chi connectivity index (χ0v) is 27.8. The summed E-state index contributed by atoms with van der Waals surface area (Å²) in [5.74, 6) is -0.240. The highest BCUT2D eigenvalue weighted by Crippen LogP contribution is 2.27. The molecule has 0 aliphatic carbocycles. The van der Waals surface area contributed by atoms with Crippen molar-refractivity contribution >= 4 is 27.5 Å². The summed E-state index contributed by atoms with van der Waals surface area (Å²) in [4.78, 5) is 29.8. The lowest BCUT2D eigenvalue weighted by atomic mass is 10.0. The fourth-order valence-corrected chi connectivity index (χ4v) is 6.47. The number of amides is 2. The van der Waals surface area contributed by atoms with Gasteiger partial charge in [0.1, 0.15) is 18.3 Å². The summed E-state index contributed by atoms with van der Waals surface area (Å²) in [5.41, 5.74) is 4.08. The minimum Gasteiger partial charge on any atom is -0.494 e. The van der Waals surface area contributed by atoms with Gasteiger partial charge in [0.2, 0.25) is 11.8 Å². The van der Waals surface area contributed by atoms with Gasteiger partial charge < -0.3 is 15.0 Å². The molecule has 4 aromatic rings. The summed E-state index contributed by atoms with van der Waals surface area (Å²) in [7, 11) is -4.20. The molecule has 8 nitrogen and oxygen atoms in total. The topological polar surface area (TPSA) is 96.0 Å². The van der Waals surface area contributed by atoms with Crippen molar-refractivity contribution < 1.29 is 22.7 Å². The Morgan fingerprint density at radius 1 is 0.783 bits per heavy atom. The third kappa shape index (κ3) is 8.97. The van der Waals surface area contributed by atoms with E-state index in [0.29, 0.717) is 24.6 Å². The molecule has 0 bridgehead atoms. The summed E-state index contributed by atoms with van der Waals surface area (Å²) in [6.45, 7) is 8.23. The van der Waals surface area contributed by atoms with Crippen LogP contribution in [0.5, 0.6) is 5.75 Å². The molecule has 0 aliphatic heterocycles. The van der Waals surface area contributed by atoms with Gasteiger partial charge in [0, 0.05) is 19.5 Å². The monoisotopic (exact) mass is 641 g/mol. The van der Waals surface area contributed by atoms with Crippen LogP contribution in [0, 0.1) is 13.8 Å². The van der Waals surface area contributed by atoms with Gasteiger partial charge in [-0.3, -0.25) is 13.9 Å². The first-order valence-electron chi connectivity index (χ1n) is 15.6. The van der Waals surface area contributed by atoms with E-state index in [4.69, 9.17) is 4.74 Å². The van der Waals surface area contributed by atoms with Gasteiger partial charge in [-0.2, -0.15) is 0 Å². The lowest BCUT2D eigenvalue weighted by molar-refractivity contribution is -0.140. The highest BCUT2D eigenvalue weighted by atomic mass is 32.2. The smallest absolute Gasteiger partial charge is 0.264 e. The molecule has 4 aromatic carbocycles. The number of hydrogen-bond acceptors (Lipinski definition) is 5. The van der Waals surface area contributed by atoms with E-state index in [-0.39, 0.29) is 23.8 Å². The zero-order chi connectivity index (χ0) is 33.1. The van der Waals surface area contributed by atoms with Crippen LogP contribution in [0.4, 0.5) is 5.69 Å². The van der Waals surface area contributed by atoms with Crippen molar-refractivity contribution in [1.82, 2.24) is 10.2 Å². The van der Waals surface area contributed by atoms with Crippen LogP contribution >= 0.6 is 0 Å². The normalized spacial score (nSPS) is 11.8. The van der Waals surface area contributed by atoms with Gasteiger partial charge in [0.05, 0.1) is 17.2 Å². The summed E-state index contributed by atoms with van der Waals surface area (Å²) in [5, 5.41) is 2.97. The van der Waals surface area contributed by atoms with Crippen molar-refractivity contribution in [3.63, 3.8) is 0 Å². The SMILES string of the molecule is CCCNC(=O)[C@H](Cc1ccccc1)N(Cc1ccc(C)cc1)C(=O)CN(c1ccc(C)cc1)S(=O)(=O)c1ccc(OCC)cc1. The molecule has 0 fully saturated rings. The predicted molar refractivity (Wildman–Crippen MR) is 182 cm³/mol. The van der Waals surface area contributed by atoms with Gasteiger partial charge in [0.25, 0.3) is 10.0 Å². The molecule has 0 aliphatic rings. The molecule has 1 N–H and O–H groups in total. The Hall–Kier alpha value is -4.63. The summed E-state index contributed by atoms with van der Waals surface area (Å²) in [6.07, 6.45) is 1.00. The molecule has 0 saturated carbocycles. The standard InChI is InChI=1S/C37H43N3O5S/c1-5-24-38-37(42)35(25-30-10-8-7-9-11-30)39(26-31-16-12-28(3)13-17-31)36(41)27-40(32-18-14-29(4)15-19-32)46(43,44)34-22-20-33(21-23-34)45-6-2/h7-23,35H,5-6,24-27H2,1-4H3,(H,38,42)/t35-/m0/s1. The van der Waals surface area contributed by atoms with Crippen LogP contribution in [0.25, 0.3) is 0 Å². The van der Waals surface area contributed by atoms with Gasteiger partial charge in [-0.1, -0.05) is 84.8 Å². The highest BCUT2D eigenvalue weighted by Gasteiger charge is 2.34. The van der Waals surface area contributed by atoms with Crippen LogP contribution in [0.15, 0.2) is 108 Å². The molecule has 0 radical (unpaired) electrons. The Morgan fingerprint density at radius 3 is 1.98 bits per heavy atom. The van der Waals surface area contributed by atoms with E-state index in [9.17, 15) is 18.0 Å². The highest BCUT2D eigenvalue weighted by molar-refractivity contribution is 7.92. The van der Waals surface area contributed by atoms with Crippen LogP contribution in [-0.2, 0) is 32.6 Å². The molecule has 0 aromatic heterocycles. The number of aryl methyl sites for hydroxylation is 2. The van der Waals surface area contributed by atoms with Crippen LogP contribution < -0.4 is 14.4 Å². The van der Waals surface area contributed by atoms with E-state index >= 15 is 0 Å². The van der Waals surface area contributed by atoms with E-state index in [1.165, 1.54) is 17.0 Å². The van der Waals surface area contributed by atoms with Gasteiger partial charge in [-0.05, 0) is 74.7 Å². The lowest BCUT2D eigenvalue weighted by Crippen LogP contribution is -2.53. The number of sulfonamides is 1. The van der Waals surface area contributed by atoms with Crippen molar-refractivity contribution in [1.29, 1.82) is 0 Å². The maximum absolute atomic E-state index is 14.5. The molecule has 242 valence electrons. The lowest BCUT2D eigenvalue weighted by Gasteiger charge is -2.34. The first kappa shape index (κ1) is 34.2. The second kappa shape index (κ2) is 16.1. The van der Waals surface area contributed by atoms with E-state index in [1.54, 1.807) is 36.4 Å². The molecule has 46 heavy (non-hydrogen) atoms. The van der Waals surface area contributed by atoms with E-state index in [0.717, 1.165) is 33.0 Å². The van der Waals surface area contributed by atoms with Gasteiger partial charge in [-0.15, -0.1) is 0 Å². The van der Waals surface area contributed by atoms with E-state index in [1.807, 2.05) is 82.3 Å². The minimum absolute atomic E-state index is 0.0240. The van der Waals surface area contributed by atoms with Gasteiger partial charge in [0.15, 0.2) is 0 Å². The van der Waals surface area contributed by atoms with Crippen molar-refractivity contribution in [3.05, 3.63) is 125 Å². The summed E-state index contributed by atoms with van der Waals surface area (Å²) >= 11 is 0. The maximum Gasteiger partial charge on any atom is 0.264 e. The van der Waals surface area contributed by atoms with Crippen molar-refractivity contribution in [3.8, 4) is 5.75 Å². The molecule has 0 heterocycles. The zero-order valence-electron chi connectivity index (χ0n) is 27.0. The number of nitrogens with one attached hydrogen (secondary N) is 1. The average Bonchev–Trinajstić information content (AvgIpc) is 3.06. The second-order valence-corrected chi connectivity index (χ2v) is 13.1. The molecular weight excluding hydrogens is 598 g/mol. The molecule has 0 saturated heterocycles. The Bertz CT molecular complexity index is 1670. The fraction of sp³-hybridized carbons (Fsp3) is 0.297. The first-order chi connectivity index (χ1) is 22.1.